The van der Waals surface area contributed by atoms with Gasteiger partial charge in [-0.05, 0) is 44.5 Å². The lowest BCUT2D eigenvalue weighted by atomic mass is 9.59. The van der Waals surface area contributed by atoms with Crippen molar-refractivity contribution in [3.05, 3.63) is 46.2 Å². The monoisotopic (exact) mass is 400 g/mol. The lowest BCUT2D eigenvalue weighted by Crippen LogP contribution is -2.63. The van der Waals surface area contributed by atoms with E-state index in [1.54, 1.807) is 20.2 Å². The van der Waals surface area contributed by atoms with E-state index < -0.39 is 58.0 Å². The summed E-state index contributed by atoms with van der Waals surface area (Å²) < 4.78 is 0. The van der Waals surface area contributed by atoms with E-state index >= 15 is 0 Å². The largest absolute Gasteiger partial charge is 0.510 e. The number of hydrogen-bond donors (Lipinski definition) is 4. The fourth-order valence-corrected chi connectivity index (χ4v) is 4.88. The van der Waals surface area contributed by atoms with Crippen molar-refractivity contribution < 1.29 is 29.7 Å². The van der Waals surface area contributed by atoms with E-state index in [0.717, 1.165) is 0 Å². The van der Waals surface area contributed by atoms with Crippen LogP contribution >= 0.6 is 0 Å². The maximum Gasteiger partial charge on any atom is 0.255 e. The van der Waals surface area contributed by atoms with Gasteiger partial charge in [0.15, 0.2) is 5.60 Å². The molecule has 10 nitrogen and oxygen atoms in total. The van der Waals surface area contributed by atoms with Crippen LogP contribution in [0.3, 0.4) is 0 Å². The van der Waals surface area contributed by atoms with Gasteiger partial charge >= 0.3 is 0 Å². The van der Waals surface area contributed by atoms with Crippen LogP contribution in [-0.4, -0.2) is 73.6 Å². The molecule has 29 heavy (non-hydrogen) atoms. The number of amides is 1. The van der Waals surface area contributed by atoms with E-state index in [-0.39, 0.29) is 17.7 Å². The van der Waals surface area contributed by atoms with Crippen LogP contribution in [0.2, 0.25) is 0 Å². The SMILES string of the molecule is CN(C)[C@@H]1C(O)=C(C(N)=O)C(=O)[C@@]2(O)C(O)=C3C(=O)c4nnccc4C[C@H]3C[C@@H]12. The molecule has 4 rings (SSSR count). The van der Waals surface area contributed by atoms with Crippen LogP contribution in [0, 0.1) is 11.8 Å². The number of nitrogens with two attached hydrogens (primary N) is 1. The van der Waals surface area contributed by atoms with E-state index in [1.165, 1.54) is 11.1 Å². The fraction of sp³-hybridized carbons (Fsp3) is 0.421. The molecule has 3 aliphatic rings. The molecule has 0 radical (unpaired) electrons. The molecule has 0 aromatic carbocycles. The molecule has 152 valence electrons. The number of aliphatic hydroxyl groups is 3. The Balaban J connectivity index is 1.96. The van der Waals surface area contributed by atoms with E-state index in [0.29, 0.717) is 12.0 Å². The molecule has 0 spiro atoms. The normalized spacial score (nSPS) is 31.5. The number of hydrogen-bond acceptors (Lipinski definition) is 9. The number of carbonyl (C=O) groups excluding carboxylic acids is 3. The first-order valence-corrected chi connectivity index (χ1v) is 9.06. The highest BCUT2D eigenvalue weighted by Crippen LogP contribution is 2.51. The summed E-state index contributed by atoms with van der Waals surface area (Å²) in [7, 11) is 3.20. The average Bonchev–Trinajstić information content (AvgIpc) is 2.64. The Morgan fingerprint density at radius 1 is 1.31 bits per heavy atom. The molecule has 0 fully saturated rings. The first kappa shape index (κ1) is 19.2. The number of carbonyl (C=O) groups is 3. The van der Waals surface area contributed by atoms with E-state index in [2.05, 4.69) is 10.2 Å². The maximum atomic E-state index is 13.0. The standard InChI is InChI=1S/C19H20N4O6/c1-23(2)13-9-6-8-5-7-3-4-21-22-12(7)14(24)10(8)16(26)19(9,29)17(27)11(15(13)25)18(20)28/h3-4,8-9,13,25-26,29H,5-6H2,1-2H3,(H2,20,28)/t8-,9-,13-,19-/m0/s1. The van der Waals surface area contributed by atoms with Crippen molar-refractivity contribution in [1.82, 2.24) is 15.1 Å². The van der Waals surface area contributed by atoms with Gasteiger partial charge in [0.1, 0.15) is 22.8 Å². The Hall–Kier alpha value is -3.11. The lowest BCUT2D eigenvalue weighted by molar-refractivity contribution is -0.148. The summed E-state index contributed by atoms with van der Waals surface area (Å²) in [5.41, 5.74) is 2.51. The topological polar surface area (TPSA) is 167 Å². The molecular weight excluding hydrogens is 380 g/mol. The number of primary amides is 1. The molecule has 0 bridgehead atoms. The Morgan fingerprint density at radius 3 is 2.62 bits per heavy atom. The minimum atomic E-state index is -2.56. The third-order valence-electron chi connectivity index (χ3n) is 6.12. The van der Waals surface area contributed by atoms with Crippen LogP contribution in [0.4, 0.5) is 0 Å². The number of allylic oxidation sites excluding steroid dienone is 1. The molecule has 3 aliphatic carbocycles. The molecule has 5 N–H and O–H groups in total. The summed E-state index contributed by atoms with van der Waals surface area (Å²) in [4.78, 5) is 39.4. The van der Waals surface area contributed by atoms with Crippen LogP contribution < -0.4 is 5.73 Å². The molecule has 4 atom stereocenters. The molecule has 1 amide bonds. The predicted octanol–water partition coefficient (Wildman–Crippen LogP) is -0.795. The van der Waals surface area contributed by atoms with Crippen LogP contribution in [-0.2, 0) is 16.0 Å². The average molecular weight is 400 g/mol. The Morgan fingerprint density at radius 2 is 2.00 bits per heavy atom. The maximum absolute atomic E-state index is 13.0. The number of aliphatic hydroxyl groups excluding tert-OH is 2. The first-order valence-electron chi connectivity index (χ1n) is 9.06. The zero-order chi connectivity index (χ0) is 21.2. The highest BCUT2D eigenvalue weighted by Gasteiger charge is 2.63. The van der Waals surface area contributed by atoms with Gasteiger partial charge in [-0.3, -0.25) is 19.3 Å². The molecule has 0 saturated heterocycles. The molecule has 0 unspecified atom stereocenters. The van der Waals surface area contributed by atoms with Gasteiger partial charge in [-0.1, -0.05) is 0 Å². The third kappa shape index (κ3) is 2.39. The van der Waals surface area contributed by atoms with Crippen LogP contribution in [0.5, 0.6) is 0 Å². The number of nitrogens with zero attached hydrogens (tertiary/aromatic N) is 3. The second-order valence-corrected chi connectivity index (χ2v) is 7.87. The minimum absolute atomic E-state index is 0.0493. The summed E-state index contributed by atoms with van der Waals surface area (Å²) in [6.45, 7) is 0. The van der Waals surface area contributed by atoms with E-state index in [9.17, 15) is 29.7 Å². The van der Waals surface area contributed by atoms with Gasteiger partial charge in [-0.2, -0.15) is 5.10 Å². The van der Waals surface area contributed by atoms with Crippen molar-refractivity contribution in [1.29, 1.82) is 0 Å². The zero-order valence-electron chi connectivity index (χ0n) is 15.8. The second-order valence-electron chi connectivity index (χ2n) is 7.87. The van der Waals surface area contributed by atoms with Gasteiger partial charge in [0.05, 0.1) is 6.04 Å². The van der Waals surface area contributed by atoms with Crippen molar-refractivity contribution >= 4 is 17.5 Å². The van der Waals surface area contributed by atoms with Gasteiger partial charge in [0.2, 0.25) is 11.6 Å². The number of aromatic nitrogens is 2. The number of fused-ring (bicyclic) bond motifs is 3. The minimum Gasteiger partial charge on any atom is -0.510 e. The predicted molar refractivity (Wildman–Crippen MR) is 97.6 cm³/mol. The highest BCUT2D eigenvalue weighted by molar-refractivity contribution is 6.24. The van der Waals surface area contributed by atoms with Crippen molar-refractivity contribution in [2.75, 3.05) is 14.1 Å². The number of ketones is 2. The zero-order valence-corrected chi connectivity index (χ0v) is 15.8. The van der Waals surface area contributed by atoms with Crippen molar-refractivity contribution in [3.63, 3.8) is 0 Å². The molecule has 10 heteroatoms. The smallest absolute Gasteiger partial charge is 0.255 e. The van der Waals surface area contributed by atoms with Crippen LogP contribution in [0.25, 0.3) is 0 Å². The van der Waals surface area contributed by atoms with Gasteiger partial charge in [-0.15, -0.1) is 5.10 Å². The van der Waals surface area contributed by atoms with Crippen molar-refractivity contribution in [2.45, 2.75) is 24.5 Å². The van der Waals surface area contributed by atoms with Gasteiger partial charge < -0.3 is 21.1 Å². The Labute approximate surface area is 165 Å². The summed E-state index contributed by atoms with van der Waals surface area (Å²) in [6.07, 6.45) is 1.93. The van der Waals surface area contributed by atoms with Gasteiger partial charge in [-0.25, -0.2) is 0 Å². The summed E-state index contributed by atoms with van der Waals surface area (Å²) in [6, 6.07) is 0.698. The molecule has 1 aromatic heterocycles. The van der Waals surface area contributed by atoms with Gasteiger partial charge in [0, 0.05) is 17.7 Å². The second kappa shape index (κ2) is 6.19. The number of rotatable bonds is 2. The summed E-state index contributed by atoms with van der Waals surface area (Å²) >= 11 is 0. The number of likely N-dealkylation sites (N-methyl/N-ethyl adjacent to an activating group) is 1. The van der Waals surface area contributed by atoms with Crippen LogP contribution in [0.15, 0.2) is 34.9 Å². The lowest BCUT2D eigenvalue weighted by Gasteiger charge is -2.49. The molecule has 0 saturated carbocycles. The quantitative estimate of drug-likeness (QED) is 0.465. The molecule has 1 aromatic rings. The molecule has 1 heterocycles. The van der Waals surface area contributed by atoms with Gasteiger partial charge in [0.25, 0.3) is 5.91 Å². The molecule has 0 aliphatic heterocycles. The van der Waals surface area contributed by atoms with E-state index in [1.807, 2.05) is 0 Å². The highest BCUT2D eigenvalue weighted by atomic mass is 16.3. The number of Topliss-reactive ketones (excluding diaryl/α,β-unsaturated/α-hetero) is 2. The van der Waals surface area contributed by atoms with Crippen molar-refractivity contribution in [3.8, 4) is 0 Å². The Kier molecular flexibility index (Phi) is 4.10. The summed E-state index contributed by atoms with van der Waals surface area (Å²) in [5.74, 6) is -5.92. The van der Waals surface area contributed by atoms with Crippen molar-refractivity contribution in [2.24, 2.45) is 17.6 Å². The third-order valence-corrected chi connectivity index (χ3v) is 6.12. The van der Waals surface area contributed by atoms with Crippen LogP contribution in [0.1, 0.15) is 22.5 Å². The fourth-order valence-electron chi connectivity index (χ4n) is 4.88. The Bertz CT molecular complexity index is 1030. The molecular formula is C19H20N4O6. The first-order chi connectivity index (χ1) is 13.6. The van der Waals surface area contributed by atoms with E-state index in [4.69, 9.17) is 5.73 Å². The summed E-state index contributed by atoms with van der Waals surface area (Å²) in [5, 5.41) is 40.5.